The quantitative estimate of drug-likeness (QED) is 0.385. The molecule has 0 saturated heterocycles. The lowest BCUT2D eigenvalue weighted by atomic mass is 10.1. The van der Waals surface area contributed by atoms with Gasteiger partial charge in [-0.25, -0.2) is 9.37 Å². The molecule has 0 radical (unpaired) electrons. The van der Waals surface area contributed by atoms with Gasteiger partial charge in [-0.2, -0.15) is 0 Å². The third-order valence-corrected chi connectivity index (χ3v) is 4.58. The van der Waals surface area contributed by atoms with Crippen LogP contribution in [0.15, 0.2) is 60.7 Å². The molecule has 0 unspecified atom stereocenters. The topological polar surface area (TPSA) is 101 Å². The number of carbonyl (C=O) groups excluding carboxylic acids is 1. The van der Waals surface area contributed by atoms with E-state index in [0.717, 1.165) is 0 Å². The van der Waals surface area contributed by atoms with E-state index in [2.05, 4.69) is 15.3 Å². The molecule has 0 aliphatic heterocycles. The van der Waals surface area contributed by atoms with Crippen LogP contribution < -0.4 is 5.32 Å². The van der Waals surface area contributed by atoms with Crippen molar-refractivity contribution in [2.75, 3.05) is 5.32 Å². The van der Waals surface area contributed by atoms with Crippen LogP contribution in [0.3, 0.4) is 0 Å². The molecule has 0 atom stereocenters. The predicted molar refractivity (Wildman–Crippen MR) is 107 cm³/mol. The molecule has 0 bridgehead atoms. The van der Waals surface area contributed by atoms with Crippen molar-refractivity contribution in [3.63, 3.8) is 0 Å². The fourth-order valence-corrected chi connectivity index (χ4v) is 3.13. The van der Waals surface area contributed by atoms with Crippen molar-refractivity contribution < 1.29 is 14.1 Å². The van der Waals surface area contributed by atoms with Crippen molar-refractivity contribution in [3.05, 3.63) is 87.7 Å². The highest BCUT2D eigenvalue weighted by Crippen LogP contribution is 2.25. The Kier molecular flexibility index (Phi) is 4.52. The number of nitrogens with one attached hydrogen (secondary N) is 2. The smallest absolute Gasteiger partial charge is 0.273 e. The van der Waals surface area contributed by atoms with Gasteiger partial charge in [-0.15, -0.1) is 0 Å². The number of hydrogen-bond donors (Lipinski definition) is 2. The van der Waals surface area contributed by atoms with Gasteiger partial charge < -0.3 is 10.3 Å². The lowest BCUT2D eigenvalue weighted by molar-refractivity contribution is -0.385. The number of amides is 1. The van der Waals surface area contributed by atoms with Crippen LogP contribution in [0.1, 0.15) is 15.9 Å². The second kappa shape index (κ2) is 7.16. The number of nitrogens with zero attached hydrogens (tertiary/aromatic N) is 2. The van der Waals surface area contributed by atoms with Gasteiger partial charge in [0, 0.05) is 28.4 Å². The van der Waals surface area contributed by atoms with Gasteiger partial charge in [0.05, 0.1) is 16.0 Å². The molecule has 1 aromatic heterocycles. The zero-order valence-corrected chi connectivity index (χ0v) is 15.3. The molecule has 0 spiro atoms. The summed E-state index contributed by atoms with van der Waals surface area (Å²) in [5.74, 6) is -0.295. The molecule has 29 heavy (non-hydrogen) atoms. The van der Waals surface area contributed by atoms with E-state index in [1.165, 1.54) is 37.3 Å². The van der Waals surface area contributed by atoms with Crippen molar-refractivity contribution in [3.8, 4) is 11.4 Å². The summed E-state index contributed by atoms with van der Waals surface area (Å²) in [5, 5.41) is 13.8. The maximum absolute atomic E-state index is 13.5. The van der Waals surface area contributed by atoms with Crippen LogP contribution in [0.4, 0.5) is 15.8 Å². The van der Waals surface area contributed by atoms with E-state index in [9.17, 15) is 19.3 Å². The Labute approximate surface area is 164 Å². The Hall–Kier alpha value is -4.07. The van der Waals surface area contributed by atoms with E-state index in [-0.39, 0.29) is 17.1 Å². The maximum atomic E-state index is 13.5. The third-order valence-electron chi connectivity index (χ3n) is 4.58. The molecule has 4 rings (SSSR count). The molecule has 2 N–H and O–H groups in total. The second-order valence-electron chi connectivity index (χ2n) is 6.49. The van der Waals surface area contributed by atoms with Gasteiger partial charge in [0.15, 0.2) is 0 Å². The van der Waals surface area contributed by atoms with E-state index >= 15 is 0 Å². The Bertz CT molecular complexity index is 1270. The summed E-state index contributed by atoms with van der Waals surface area (Å²) < 4.78 is 13.5. The Morgan fingerprint density at radius 2 is 1.93 bits per heavy atom. The fraction of sp³-hybridized carbons (Fsp3) is 0.0476. The first-order chi connectivity index (χ1) is 13.9. The number of rotatable bonds is 4. The molecule has 1 amide bonds. The number of nitro groups is 1. The van der Waals surface area contributed by atoms with E-state index in [4.69, 9.17) is 0 Å². The van der Waals surface area contributed by atoms with Crippen molar-refractivity contribution >= 4 is 28.3 Å². The fourth-order valence-electron chi connectivity index (χ4n) is 3.13. The minimum atomic E-state index is -0.517. The van der Waals surface area contributed by atoms with Crippen molar-refractivity contribution in [1.29, 1.82) is 0 Å². The zero-order valence-electron chi connectivity index (χ0n) is 15.3. The summed E-state index contributed by atoms with van der Waals surface area (Å²) in [6, 6.07) is 15.6. The summed E-state index contributed by atoms with van der Waals surface area (Å²) in [6.45, 7) is 1.54. The molecule has 144 valence electrons. The molecular formula is C21H15FN4O3. The molecule has 1 heterocycles. The number of carbonyl (C=O) groups is 1. The number of benzene rings is 3. The zero-order chi connectivity index (χ0) is 20.5. The van der Waals surface area contributed by atoms with Crippen LogP contribution in [0.2, 0.25) is 0 Å². The molecule has 0 fully saturated rings. The van der Waals surface area contributed by atoms with Gasteiger partial charge in [0.2, 0.25) is 0 Å². The minimum absolute atomic E-state index is 0.110. The normalized spacial score (nSPS) is 10.8. The lowest BCUT2D eigenvalue weighted by Crippen LogP contribution is -2.14. The number of aromatic nitrogens is 2. The Balaban J connectivity index is 1.63. The second-order valence-corrected chi connectivity index (χ2v) is 6.49. The highest BCUT2D eigenvalue weighted by molar-refractivity contribution is 6.06. The van der Waals surface area contributed by atoms with Crippen LogP contribution in [-0.4, -0.2) is 20.8 Å². The van der Waals surface area contributed by atoms with Crippen molar-refractivity contribution in [2.45, 2.75) is 6.92 Å². The molecule has 4 aromatic rings. The summed E-state index contributed by atoms with van der Waals surface area (Å²) >= 11 is 0. The average Bonchev–Trinajstić information content (AvgIpc) is 3.11. The molecule has 3 aromatic carbocycles. The number of aromatic amines is 1. The van der Waals surface area contributed by atoms with Crippen molar-refractivity contribution in [1.82, 2.24) is 9.97 Å². The lowest BCUT2D eigenvalue weighted by Gasteiger charge is -2.08. The number of imidazole rings is 1. The van der Waals surface area contributed by atoms with E-state index in [0.29, 0.717) is 33.7 Å². The summed E-state index contributed by atoms with van der Waals surface area (Å²) in [4.78, 5) is 30.7. The molecule has 8 heteroatoms. The molecular weight excluding hydrogens is 375 g/mol. The first-order valence-electron chi connectivity index (χ1n) is 8.73. The summed E-state index contributed by atoms with van der Waals surface area (Å²) in [5.41, 5.74) is 2.85. The number of halogens is 1. The van der Waals surface area contributed by atoms with Gasteiger partial charge in [-0.1, -0.05) is 18.2 Å². The average molecular weight is 390 g/mol. The first-order valence-corrected chi connectivity index (χ1v) is 8.73. The van der Waals surface area contributed by atoms with Gasteiger partial charge in [0.1, 0.15) is 11.6 Å². The molecule has 0 saturated carbocycles. The Morgan fingerprint density at radius 1 is 1.14 bits per heavy atom. The van der Waals surface area contributed by atoms with E-state index in [1.807, 2.05) is 0 Å². The predicted octanol–water partition coefficient (Wildman–Crippen LogP) is 4.84. The van der Waals surface area contributed by atoms with Gasteiger partial charge in [0.25, 0.3) is 11.6 Å². The number of fused-ring (bicyclic) bond motifs is 1. The van der Waals surface area contributed by atoms with Crippen LogP contribution in [0.25, 0.3) is 22.4 Å². The standard InChI is InChI=1S/C21H15FN4O3/c1-12-16(6-3-7-19(12)26(28)29)21(27)23-15-8-9-17-18(11-15)25-20(24-17)13-4-2-5-14(22)10-13/h2-11H,1H3,(H,23,27)(H,24,25). The largest absolute Gasteiger partial charge is 0.338 e. The van der Waals surface area contributed by atoms with E-state index in [1.54, 1.807) is 30.3 Å². The number of anilines is 1. The third kappa shape index (κ3) is 3.55. The monoisotopic (exact) mass is 390 g/mol. The van der Waals surface area contributed by atoms with Crippen LogP contribution in [0.5, 0.6) is 0 Å². The van der Waals surface area contributed by atoms with Gasteiger partial charge in [-0.3, -0.25) is 14.9 Å². The molecule has 7 nitrogen and oxygen atoms in total. The van der Waals surface area contributed by atoms with Crippen LogP contribution in [-0.2, 0) is 0 Å². The molecule has 0 aliphatic rings. The first kappa shape index (κ1) is 18.3. The van der Waals surface area contributed by atoms with E-state index < -0.39 is 10.8 Å². The van der Waals surface area contributed by atoms with Gasteiger partial charge in [-0.05, 0) is 43.3 Å². The number of hydrogen-bond acceptors (Lipinski definition) is 4. The minimum Gasteiger partial charge on any atom is -0.338 e. The highest BCUT2D eigenvalue weighted by Gasteiger charge is 2.18. The summed E-state index contributed by atoms with van der Waals surface area (Å²) in [6.07, 6.45) is 0. The molecule has 0 aliphatic carbocycles. The Morgan fingerprint density at radius 3 is 2.69 bits per heavy atom. The SMILES string of the molecule is Cc1c(C(=O)Nc2ccc3nc(-c4cccc(F)c4)[nH]c3c2)cccc1[N+](=O)[O-]. The maximum Gasteiger partial charge on any atom is 0.273 e. The number of H-pyrrole nitrogens is 1. The van der Waals surface area contributed by atoms with Crippen molar-refractivity contribution in [2.24, 2.45) is 0 Å². The summed E-state index contributed by atoms with van der Waals surface area (Å²) in [7, 11) is 0. The van der Waals surface area contributed by atoms with Gasteiger partial charge >= 0.3 is 0 Å². The van der Waals surface area contributed by atoms with Crippen LogP contribution >= 0.6 is 0 Å². The number of nitro benzene ring substituents is 1. The highest BCUT2D eigenvalue weighted by atomic mass is 19.1. The van der Waals surface area contributed by atoms with Crippen LogP contribution in [0, 0.1) is 22.9 Å².